The number of ketones is 1. The van der Waals surface area contributed by atoms with Crippen molar-refractivity contribution >= 4 is 17.7 Å². The minimum Gasteiger partial charge on any atom is -0.456 e. The number of hydrogen-bond donors (Lipinski definition) is 4. The van der Waals surface area contributed by atoms with Crippen molar-refractivity contribution in [3.8, 4) is 0 Å². The van der Waals surface area contributed by atoms with Crippen molar-refractivity contribution in [2.24, 2.45) is 34.5 Å². The first-order valence-corrected chi connectivity index (χ1v) is 17.6. The molecule has 5 rings (SSSR count). The monoisotopic (exact) mass is 675 g/mol. The summed E-state index contributed by atoms with van der Waals surface area (Å²) in [5.74, 6) is -3.34. The van der Waals surface area contributed by atoms with Crippen molar-refractivity contribution in [1.82, 2.24) is 5.32 Å². The molecular weight excluding hydrogens is 622 g/mol. The van der Waals surface area contributed by atoms with Gasteiger partial charge in [0.15, 0.2) is 6.10 Å². The number of esters is 1. The van der Waals surface area contributed by atoms with Gasteiger partial charge in [-0.3, -0.25) is 9.59 Å². The largest absolute Gasteiger partial charge is 0.456 e. The normalized spacial score (nSPS) is 35.3. The molecule has 49 heavy (non-hydrogen) atoms. The molecule has 1 unspecified atom stereocenters. The Morgan fingerprint density at radius 1 is 1.00 bits per heavy atom. The minimum absolute atomic E-state index is 0.0247. The Hall–Kier alpha value is -3.37. The summed E-state index contributed by atoms with van der Waals surface area (Å²) in [6.07, 6.45) is -3.63. The summed E-state index contributed by atoms with van der Waals surface area (Å²) in [5.41, 5.74) is -1.30. The average Bonchev–Trinajstić information content (AvgIpc) is 3.08. The Balaban J connectivity index is 1.52. The van der Waals surface area contributed by atoms with Crippen LogP contribution < -0.4 is 5.32 Å². The molecule has 9 nitrogen and oxygen atoms in total. The molecule has 1 amide bonds. The number of amides is 1. The van der Waals surface area contributed by atoms with Crippen molar-refractivity contribution < 1.29 is 39.2 Å². The van der Waals surface area contributed by atoms with Crippen LogP contribution in [0.15, 0.2) is 71.8 Å². The number of carbonyl (C=O) groups is 3. The molecule has 0 heterocycles. The van der Waals surface area contributed by atoms with Crippen molar-refractivity contribution in [3.63, 3.8) is 0 Å². The summed E-state index contributed by atoms with van der Waals surface area (Å²) < 4.78 is 12.2. The van der Waals surface area contributed by atoms with Crippen molar-refractivity contribution in [1.29, 1.82) is 0 Å². The second kappa shape index (κ2) is 13.7. The third-order valence-corrected chi connectivity index (χ3v) is 12.5. The second-order valence-electron chi connectivity index (χ2n) is 15.2. The number of aliphatic hydroxyl groups excluding tert-OH is 2. The Kier molecular flexibility index (Phi) is 10.3. The third-order valence-electron chi connectivity index (χ3n) is 12.5. The fourth-order valence-corrected chi connectivity index (χ4v) is 9.83. The Labute approximate surface area is 290 Å². The average molecular weight is 676 g/mol. The van der Waals surface area contributed by atoms with Crippen molar-refractivity contribution in [2.45, 2.75) is 104 Å². The van der Waals surface area contributed by atoms with Gasteiger partial charge in [0.1, 0.15) is 11.9 Å². The number of hydrogen-bond acceptors (Lipinski definition) is 8. The van der Waals surface area contributed by atoms with E-state index in [-0.39, 0.29) is 24.2 Å². The molecule has 2 bridgehead atoms. The number of carbonyl (C=O) groups excluding carboxylic acids is 3. The van der Waals surface area contributed by atoms with Gasteiger partial charge in [-0.2, -0.15) is 0 Å². The van der Waals surface area contributed by atoms with E-state index in [1.807, 2.05) is 55.4 Å². The van der Waals surface area contributed by atoms with E-state index in [9.17, 15) is 29.7 Å². The second-order valence-corrected chi connectivity index (χ2v) is 15.2. The summed E-state index contributed by atoms with van der Waals surface area (Å²) in [6.45, 7) is 15.7. The van der Waals surface area contributed by atoms with E-state index in [0.29, 0.717) is 35.3 Å². The molecule has 2 aromatic rings. The van der Waals surface area contributed by atoms with E-state index < -0.39 is 70.4 Å². The van der Waals surface area contributed by atoms with Gasteiger partial charge in [-0.25, -0.2) is 4.79 Å². The first kappa shape index (κ1) is 36.9. The first-order chi connectivity index (χ1) is 23.0. The number of rotatable bonds is 8. The smallest absolute Gasteiger partial charge is 0.338 e. The Morgan fingerprint density at radius 3 is 2.18 bits per heavy atom. The van der Waals surface area contributed by atoms with Gasteiger partial charge in [0.2, 0.25) is 0 Å². The van der Waals surface area contributed by atoms with E-state index in [2.05, 4.69) is 5.32 Å². The molecule has 3 aliphatic carbocycles. The molecule has 0 aromatic heterocycles. The summed E-state index contributed by atoms with van der Waals surface area (Å²) in [7, 11) is 0. The van der Waals surface area contributed by atoms with Crippen LogP contribution in [-0.2, 0) is 19.1 Å². The molecule has 9 heteroatoms. The van der Waals surface area contributed by atoms with Crippen LogP contribution >= 0.6 is 0 Å². The number of fused-ring (bicyclic) bond motifs is 3. The topological polar surface area (TPSA) is 142 Å². The van der Waals surface area contributed by atoms with Crippen molar-refractivity contribution in [2.75, 3.05) is 6.61 Å². The van der Waals surface area contributed by atoms with Crippen LogP contribution in [0, 0.1) is 34.5 Å². The predicted molar refractivity (Wildman–Crippen MR) is 185 cm³/mol. The molecule has 266 valence electrons. The lowest BCUT2D eigenvalue weighted by Crippen LogP contribution is -2.68. The van der Waals surface area contributed by atoms with Crippen LogP contribution in [0.1, 0.15) is 90.2 Å². The summed E-state index contributed by atoms with van der Waals surface area (Å²) >= 11 is 0. The van der Waals surface area contributed by atoms with Gasteiger partial charge in [0, 0.05) is 36.3 Å². The number of ether oxygens (including phenoxy) is 2. The zero-order valence-electron chi connectivity index (χ0n) is 30.0. The maximum atomic E-state index is 14.7. The van der Waals surface area contributed by atoms with E-state index in [4.69, 9.17) is 9.47 Å². The van der Waals surface area contributed by atoms with Gasteiger partial charge >= 0.3 is 5.97 Å². The van der Waals surface area contributed by atoms with Crippen LogP contribution in [0.5, 0.6) is 0 Å². The standard InChI is InChI=1S/C40H53NO8/c1-9-48-28-20-30(42)39(8)32(22(28)2)25(5)40(47)21-29(23(3)31(38(40,6)7)24(4)35(39)44)49-37(46)34(43)33(26-16-12-10-13-17-26)41-36(45)27-18-14-11-15-19-27/h10-19,22,24-25,28-30,32-34,42-43,47H,9,20-21H2,1-8H3,(H,41,45)/t22-,24+,25-,28+,29?,30-,32-,33-,34+,39+,40+/m0/s1. The maximum Gasteiger partial charge on any atom is 0.338 e. The third kappa shape index (κ3) is 6.07. The van der Waals surface area contributed by atoms with Gasteiger partial charge in [-0.15, -0.1) is 0 Å². The lowest BCUT2D eigenvalue weighted by atomic mass is 9.43. The lowest BCUT2D eigenvalue weighted by Gasteiger charge is -2.63. The molecule has 0 radical (unpaired) electrons. The Morgan fingerprint density at radius 2 is 1.59 bits per heavy atom. The van der Waals surface area contributed by atoms with Gasteiger partial charge in [-0.05, 0) is 67.4 Å². The molecule has 3 aliphatic rings. The number of aliphatic hydroxyl groups is 3. The minimum atomic E-state index is -1.78. The van der Waals surface area contributed by atoms with Crippen LogP contribution in [0.25, 0.3) is 0 Å². The van der Waals surface area contributed by atoms with Crippen LogP contribution in [0.4, 0.5) is 0 Å². The predicted octanol–water partition coefficient (Wildman–Crippen LogP) is 5.19. The molecule has 0 aliphatic heterocycles. The van der Waals surface area contributed by atoms with E-state index in [0.717, 1.165) is 0 Å². The highest BCUT2D eigenvalue weighted by atomic mass is 16.6. The molecule has 2 fully saturated rings. The summed E-state index contributed by atoms with van der Waals surface area (Å²) in [4.78, 5) is 41.8. The fraction of sp³-hybridized carbons (Fsp3) is 0.575. The highest BCUT2D eigenvalue weighted by Gasteiger charge is 2.67. The zero-order valence-corrected chi connectivity index (χ0v) is 30.0. The van der Waals surface area contributed by atoms with Gasteiger partial charge in [-0.1, -0.05) is 83.1 Å². The van der Waals surface area contributed by atoms with E-state index in [1.165, 1.54) is 0 Å². The SMILES string of the molecule is CCO[C@@H]1C[C@H](O)[C@@]2(C)C(=O)[C@H](C)C3=C(C)C(OC(=O)[C@H](O)[C@@H](NC(=O)c4ccccc4)c4ccccc4)C[C@@](O)([C@@H](C)[C@@H]2[C@H]1C)C3(C)C. The number of Topliss-reactive ketones (excluding diaryl/α,β-unsaturated/α-hetero) is 1. The van der Waals surface area contributed by atoms with Crippen LogP contribution in [0.3, 0.4) is 0 Å². The quantitative estimate of drug-likeness (QED) is 0.221. The molecule has 0 spiro atoms. The summed E-state index contributed by atoms with van der Waals surface area (Å²) in [6, 6.07) is 16.1. The molecule has 0 saturated heterocycles. The van der Waals surface area contributed by atoms with Crippen LogP contribution in [0.2, 0.25) is 0 Å². The molecule has 2 saturated carbocycles. The van der Waals surface area contributed by atoms with E-state index in [1.54, 1.807) is 60.7 Å². The maximum absolute atomic E-state index is 14.7. The van der Waals surface area contributed by atoms with Gasteiger partial charge in [0.25, 0.3) is 5.91 Å². The fourth-order valence-electron chi connectivity index (χ4n) is 9.83. The van der Waals surface area contributed by atoms with Gasteiger partial charge in [0.05, 0.1) is 29.3 Å². The van der Waals surface area contributed by atoms with Gasteiger partial charge < -0.3 is 30.1 Å². The first-order valence-electron chi connectivity index (χ1n) is 17.6. The molecular formula is C40H53NO8. The zero-order chi connectivity index (χ0) is 36.1. The molecule has 2 aromatic carbocycles. The number of benzene rings is 2. The molecule has 11 atom stereocenters. The highest BCUT2D eigenvalue weighted by molar-refractivity contribution is 5.95. The summed E-state index contributed by atoms with van der Waals surface area (Å²) in [5, 5.41) is 38.9. The Bertz CT molecular complexity index is 1570. The molecule has 4 N–H and O–H groups in total. The van der Waals surface area contributed by atoms with Crippen LogP contribution in [-0.4, -0.2) is 69.6 Å². The number of nitrogens with one attached hydrogen (secondary N) is 1. The highest BCUT2D eigenvalue weighted by Crippen LogP contribution is 2.63. The van der Waals surface area contributed by atoms with E-state index >= 15 is 0 Å². The van der Waals surface area contributed by atoms with Crippen molar-refractivity contribution in [3.05, 3.63) is 82.9 Å². The lowest BCUT2D eigenvalue weighted by molar-refractivity contribution is -0.216.